The van der Waals surface area contributed by atoms with Crippen molar-refractivity contribution in [2.75, 3.05) is 18.0 Å². The molecule has 168 valence electrons. The Morgan fingerprint density at radius 2 is 2.06 bits per heavy atom. The summed E-state index contributed by atoms with van der Waals surface area (Å²) in [4.78, 5) is 23.3. The quantitative estimate of drug-likeness (QED) is 0.507. The third-order valence-electron chi connectivity index (χ3n) is 6.21. The molecule has 2 heterocycles. The van der Waals surface area contributed by atoms with Crippen molar-refractivity contribution < 1.29 is 15.0 Å². The Morgan fingerprint density at radius 1 is 1.25 bits per heavy atom. The fraction of sp³-hybridized carbons (Fsp3) is 0.400. The van der Waals surface area contributed by atoms with Crippen LogP contribution in [0.25, 0.3) is 22.3 Å². The summed E-state index contributed by atoms with van der Waals surface area (Å²) >= 11 is 0. The molecule has 0 aliphatic carbocycles. The number of aromatic nitrogens is 2. The number of rotatable bonds is 6. The first-order valence-corrected chi connectivity index (χ1v) is 11.3. The number of hydrogen-bond donors (Lipinski definition) is 3. The molecule has 3 N–H and O–H groups in total. The van der Waals surface area contributed by atoms with E-state index in [1.54, 1.807) is 12.1 Å². The predicted molar refractivity (Wildman–Crippen MR) is 126 cm³/mol. The minimum Gasteiger partial charge on any atom is -0.507 e. The second-order valence-electron chi connectivity index (χ2n) is 8.60. The van der Waals surface area contributed by atoms with Crippen LogP contribution in [0.1, 0.15) is 38.2 Å². The molecule has 1 aromatic heterocycles. The van der Waals surface area contributed by atoms with E-state index in [-0.39, 0.29) is 17.7 Å². The minimum absolute atomic E-state index is 0.0757. The van der Waals surface area contributed by atoms with Gasteiger partial charge in [0.2, 0.25) is 0 Å². The summed E-state index contributed by atoms with van der Waals surface area (Å²) in [5.41, 5.74) is 2.54. The number of amides is 1. The van der Waals surface area contributed by atoms with Crippen molar-refractivity contribution in [3.63, 3.8) is 0 Å². The average Bonchev–Trinajstić information content (AvgIpc) is 2.78. The van der Waals surface area contributed by atoms with Crippen LogP contribution in [0.3, 0.4) is 0 Å². The standard InChI is InChI=1S/C25H30N4O3/c1-3-7-20(27-25(31)32)17-8-6-13-29(15-17)24-18-12-11-16(2)14-21(18)26-23(28-24)19-9-4-5-10-22(19)30/h4-5,9-12,14,17,20,27,30H,3,6-8,13,15H2,1-2H3,(H,31,32). The van der Waals surface area contributed by atoms with Crippen LogP contribution in [0.15, 0.2) is 42.5 Å². The van der Waals surface area contributed by atoms with E-state index in [0.29, 0.717) is 11.4 Å². The highest BCUT2D eigenvalue weighted by Crippen LogP contribution is 2.34. The summed E-state index contributed by atoms with van der Waals surface area (Å²) in [6.45, 7) is 5.69. The number of fused-ring (bicyclic) bond motifs is 1. The molecular formula is C25H30N4O3. The van der Waals surface area contributed by atoms with E-state index in [1.165, 1.54) is 0 Å². The van der Waals surface area contributed by atoms with E-state index in [2.05, 4.69) is 29.3 Å². The molecule has 1 aliphatic heterocycles. The molecule has 1 fully saturated rings. The van der Waals surface area contributed by atoms with E-state index in [0.717, 1.165) is 61.1 Å². The Labute approximate surface area is 188 Å². The van der Waals surface area contributed by atoms with Crippen LogP contribution < -0.4 is 10.2 Å². The number of aryl methyl sites for hydroxylation is 1. The molecular weight excluding hydrogens is 404 g/mol. The fourth-order valence-corrected chi connectivity index (χ4v) is 4.67. The summed E-state index contributed by atoms with van der Waals surface area (Å²) in [5.74, 6) is 1.69. The summed E-state index contributed by atoms with van der Waals surface area (Å²) in [5, 5.41) is 23.4. The Bertz CT molecular complexity index is 1120. The summed E-state index contributed by atoms with van der Waals surface area (Å²) < 4.78 is 0. The van der Waals surface area contributed by atoms with E-state index in [1.807, 2.05) is 25.1 Å². The summed E-state index contributed by atoms with van der Waals surface area (Å²) in [7, 11) is 0. The third-order valence-corrected chi connectivity index (χ3v) is 6.21. The largest absolute Gasteiger partial charge is 0.507 e. The smallest absolute Gasteiger partial charge is 0.404 e. The van der Waals surface area contributed by atoms with Crippen LogP contribution in [-0.4, -0.2) is 45.4 Å². The zero-order valence-electron chi connectivity index (χ0n) is 18.6. The molecule has 32 heavy (non-hydrogen) atoms. The molecule has 0 spiro atoms. The first-order chi connectivity index (χ1) is 15.5. The van der Waals surface area contributed by atoms with Gasteiger partial charge in [-0.3, -0.25) is 0 Å². The first kappa shape index (κ1) is 21.9. The van der Waals surface area contributed by atoms with E-state index >= 15 is 0 Å². The Balaban J connectivity index is 1.75. The number of nitrogens with one attached hydrogen (secondary N) is 1. The van der Waals surface area contributed by atoms with Crippen LogP contribution in [0.5, 0.6) is 5.75 Å². The Morgan fingerprint density at radius 3 is 2.81 bits per heavy atom. The van der Waals surface area contributed by atoms with Crippen LogP contribution >= 0.6 is 0 Å². The summed E-state index contributed by atoms with van der Waals surface area (Å²) in [6, 6.07) is 13.2. The lowest BCUT2D eigenvalue weighted by atomic mass is 9.88. The van der Waals surface area contributed by atoms with Gasteiger partial charge < -0.3 is 20.4 Å². The number of carbonyl (C=O) groups is 1. The number of phenolic OH excluding ortho intramolecular Hbond substituents is 1. The molecule has 7 nitrogen and oxygen atoms in total. The zero-order valence-corrected chi connectivity index (χ0v) is 18.6. The van der Waals surface area contributed by atoms with E-state index in [4.69, 9.17) is 9.97 Å². The molecule has 7 heteroatoms. The average molecular weight is 435 g/mol. The maximum absolute atomic E-state index is 11.3. The van der Waals surface area contributed by atoms with Crippen molar-refractivity contribution in [3.8, 4) is 17.1 Å². The predicted octanol–water partition coefficient (Wildman–Crippen LogP) is 4.96. The SMILES string of the molecule is CCCC(NC(=O)O)C1CCCN(c2nc(-c3ccccc3O)nc3cc(C)ccc23)C1. The first-order valence-electron chi connectivity index (χ1n) is 11.3. The number of phenols is 1. The van der Waals surface area contributed by atoms with E-state index < -0.39 is 6.09 Å². The number of hydrogen-bond acceptors (Lipinski definition) is 5. The van der Waals surface area contributed by atoms with Gasteiger partial charge in [0.15, 0.2) is 5.82 Å². The van der Waals surface area contributed by atoms with Crippen LogP contribution in [0, 0.1) is 12.8 Å². The number of benzene rings is 2. The van der Waals surface area contributed by atoms with Gasteiger partial charge in [-0.2, -0.15) is 0 Å². The third kappa shape index (κ3) is 4.61. The van der Waals surface area contributed by atoms with Crippen molar-refractivity contribution in [1.29, 1.82) is 0 Å². The molecule has 1 saturated heterocycles. The van der Waals surface area contributed by atoms with Gasteiger partial charge in [0.25, 0.3) is 0 Å². The van der Waals surface area contributed by atoms with Gasteiger partial charge in [-0.1, -0.05) is 31.5 Å². The topological polar surface area (TPSA) is 98.6 Å². The number of piperidine rings is 1. The second-order valence-corrected chi connectivity index (χ2v) is 8.60. The van der Waals surface area contributed by atoms with Crippen molar-refractivity contribution in [2.24, 2.45) is 5.92 Å². The van der Waals surface area contributed by atoms with Gasteiger partial charge in [0.1, 0.15) is 11.6 Å². The maximum Gasteiger partial charge on any atom is 0.404 e. The lowest BCUT2D eigenvalue weighted by Crippen LogP contribution is -2.47. The molecule has 4 rings (SSSR count). The molecule has 1 aliphatic rings. The van der Waals surface area contributed by atoms with Crippen molar-refractivity contribution in [1.82, 2.24) is 15.3 Å². The highest BCUT2D eigenvalue weighted by atomic mass is 16.4. The number of carboxylic acid groups (broad SMARTS) is 1. The molecule has 0 bridgehead atoms. The van der Waals surface area contributed by atoms with E-state index in [9.17, 15) is 15.0 Å². The highest BCUT2D eigenvalue weighted by Gasteiger charge is 2.29. The highest BCUT2D eigenvalue weighted by molar-refractivity contribution is 5.92. The lowest BCUT2D eigenvalue weighted by Gasteiger charge is -2.38. The zero-order chi connectivity index (χ0) is 22.7. The molecule has 2 atom stereocenters. The van der Waals surface area contributed by atoms with Crippen LogP contribution in [0.4, 0.5) is 10.6 Å². The van der Waals surface area contributed by atoms with Gasteiger partial charge in [0, 0.05) is 24.5 Å². The maximum atomic E-state index is 11.3. The summed E-state index contributed by atoms with van der Waals surface area (Å²) in [6.07, 6.45) is 2.72. The van der Waals surface area contributed by atoms with Gasteiger partial charge in [-0.25, -0.2) is 14.8 Å². The normalized spacial score (nSPS) is 17.3. The minimum atomic E-state index is -0.967. The van der Waals surface area contributed by atoms with Crippen molar-refractivity contribution >= 4 is 22.8 Å². The van der Waals surface area contributed by atoms with Gasteiger partial charge in [-0.15, -0.1) is 0 Å². The van der Waals surface area contributed by atoms with Gasteiger partial charge in [0.05, 0.1) is 11.1 Å². The molecule has 3 aromatic rings. The molecule has 2 aromatic carbocycles. The molecule has 2 unspecified atom stereocenters. The van der Waals surface area contributed by atoms with Gasteiger partial charge in [-0.05, 0) is 61.9 Å². The second kappa shape index (κ2) is 9.42. The van der Waals surface area contributed by atoms with Gasteiger partial charge >= 0.3 is 6.09 Å². The molecule has 0 saturated carbocycles. The number of aromatic hydroxyl groups is 1. The molecule has 1 amide bonds. The fourth-order valence-electron chi connectivity index (χ4n) is 4.67. The Hall–Kier alpha value is -3.35. The Kier molecular flexibility index (Phi) is 6.44. The number of nitrogens with zero attached hydrogens (tertiary/aromatic N) is 3. The monoisotopic (exact) mass is 434 g/mol. The number of para-hydroxylation sites is 1. The molecule has 0 radical (unpaired) electrons. The lowest BCUT2D eigenvalue weighted by molar-refractivity contribution is 0.179. The van der Waals surface area contributed by atoms with Crippen molar-refractivity contribution in [2.45, 2.75) is 45.6 Å². The van der Waals surface area contributed by atoms with Crippen molar-refractivity contribution in [3.05, 3.63) is 48.0 Å². The van der Waals surface area contributed by atoms with Crippen LogP contribution in [-0.2, 0) is 0 Å². The van der Waals surface area contributed by atoms with Crippen LogP contribution in [0.2, 0.25) is 0 Å². The number of anilines is 1.